The van der Waals surface area contributed by atoms with E-state index in [0.29, 0.717) is 17.2 Å². The van der Waals surface area contributed by atoms with Crippen molar-refractivity contribution in [2.75, 3.05) is 20.3 Å². The van der Waals surface area contributed by atoms with Crippen LogP contribution in [0.1, 0.15) is 12.5 Å². The fourth-order valence-electron chi connectivity index (χ4n) is 2.64. The number of hydrogen-bond donors (Lipinski definition) is 0. The first-order chi connectivity index (χ1) is 16.0. The normalized spacial score (nSPS) is 14.5. The summed E-state index contributed by atoms with van der Waals surface area (Å²) in [6.45, 7) is 5.88. The summed E-state index contributed by atoms with van der Waals surface area (Å²) in [4.78, 5) is 13.9. The Balaban J connectivity index is 1.92. The monoisotopic (exact) mass is 473 g/mol. The van der Waals surface area contributed by atoms with E-state index in [9.17, 15) is 0 Å². The van der Waals surface area contributed by atoms with Gasteiger partial charge in [-0.1, -0.05) is 47.6 Å². The van der Waals surface area contributed by atoms with Crippen molar-refractivity contribution in [1.29, 1.82) is 0 Å². The molecule has 3 rings (SSSR count). The molecule has 0 unspecified atom stereocenters. The van der Waals surface area contributed by atoms with Crippen LogP contribution in [0.25, 0.3) is 0 Å². The molecule has 0 saturated heterocycles. The number of benzene rings is 2. The van der Waals surface area contributed by atoms with Gasteiger partial charge >= 0.3 is 0 Å². The highest BCUT2D eigenvalue weighted by molar-refractivity contribution is 6.45. The number of para-hydroxylation sites is 2. The van der Waals surface area contributed by atoms with E-state index in [0.717, 1.165) is 0 Å². The number of allylic oxidation sites excluding steroid dienone is 1. The average Bonchev–Trinajstić information content (AvgIpc) is 2.84. The first kappa shape index (κ1) is 23.8. The van der Waals surface area contributed by atoms with Gasteiger partial charge in [0.05, 0.1) is 10.6 Å². The minimum atomic E-state index is -0.928. The minimum absolute atomic E-state index is 0.0964. The summed E-state index contributed by atoms with van der Waals surface area (Å²) >= 11 is 6.11. The molecule has 33 heavy (non-hydrogen) atoms. The molecule has 0 spiro atoms. The summed E-state index contributed by atoms with van der Waals surface area (Å²) in [5.41, 5.74) is 0.606. The third-order valence-electron chi connectivity index (χ3n) is 4.04. The maximum absolute atomic E-state index is 15.2. The van der Waals surface area contributed by atoms with Crippen LogP contribution < -0.4 is 9.47 Å². The number of halogens is 2. The van der Waals surface area contributed by atoms with Crippen LogP contribution in [-0.4, -0.2) is 38.1 Å². The molecule has 10 heteroatoms. The van der Waals surface area contributed by atoms with Crippen molar-refractivity contribution in [3.05, 3.63) is 83.2 Å². The first-order valence-corrected chi connectivity index (χ1v) is 10.1. The molecule has 0 atom stereocenters. The molecular formula is C23H21ClFN3O5. The standard InChI is InChI=1S/C23H21ClFN3O5/c1-4-26-22(33-19-12-8-6-10-17(19)24)20(25)15(2)32-18-11-7-5-9-16(18)21(27-29-3)23-28-31-14-13-30-23/h4-12H,2,13-14H2,1,3H3/b22-20-,26-4-,27-21+. The van der Waals surface area contributed by atoms with Crippen molar-refractivity contribution < 1.29 is 28.3 Å². The lowest BCUT2D eigenvalue weighted by atomic mass is 10.1. The summed E-state index contributed by atoms with van der Waals surface area (Å²) in [5.74, 6) is -1.11. The van der Waals surface area contributed by atoms with E-state index in [4.69, 9.17) is 35.5 Å². The lowest BCUT2D eigenvalue weighted by Gasteiger charge is -2.17. The Hall–Kier alpha value is -3.85. The summed E-state index contributed by atoms with van der Waals surface area (Å²) in [6.07, 6.45) is 1.37. The van der Waals surface area contributed by atoms with Gasteiger partial charge in [0.2, 0.25) is 5.83 Å². The molecule has 172 valence electrons. The van der Waals surface area contributed by atoms with Gasteiger partial charge in [-0.05, 0) is 36.3 Å². The highest BCUT2D eigenvalue weighted by Gasteiger charge is 2.24. The van der Waals surface area contributed by atoms with Gasteiger partial charge < -0.3 is 23.9 Å². The number of rotatable bonds is 9. The molecule has 0 radical (unpaired) electrons. The Bertz CT molecular complexity index is 1130. The second-order valence-electron chi connectivity index (χ2n) is 6.26. The summed E-state index contributed by atoms with van der Waals surface area (Å²) in [6, 6.07) is 13.3. The summed E-state index contributed by atoms with van der Waals surface area (Å²) in [5, 5.41) is 8.12. The van der Waals surface area contributed by atoms with Crippen molar-refractivity contribution in [2.45, 2.75) is 6.92 Å². The lowest BCUT2D eigenvalue weighted by molar-refractivity contribution is 0.0672. The highest BCUT2D eigenvalue weighted by atomic mass is 35.5. The van der Waals surface area contributed by atoms with Gasteiger partial charge in [0, 0.05) is 6.21 Å². The second kappa shape index (κ2) is 11.7. The van der Waals surface area contributed by atoms with Crippen LogP contribution in [-0.2, 0) is 14.4 Å². The quantitative estimate of drug-likeness (QED) is 0.215. The van der Waals surface area contributed by atoms with Gasteiger partial charge in [-0.2, -0.15) is 4.39 Å². The third-order valence-corrected chi connectivity index (χ3v) is 4.36. The molecule has 0 saturated carbocycles. The van der Waals surface area contributed by atoms with Crippen LogP contribution in [0.3, 0.4) is 0 Å². The zero-order valence-electron chi connectivity index (χ0n) is 18.0. The number of aliphatic imine (C=N–C) groups is 1. The summed E-state index contributed by atoms with van der Waals surface area (Å²) in [7, 11) is 1.37. The number of hydrogen-bond acceptors (Lipinski definition) is 8. The van der Waals surface area contributed by atoms with E-state index >= 15 is 4.39 Å². The largest absolute Gasteiger partial charge is 0.470 e. The lowest BCUT2D eigenvalue weighted by Crippen LogP contribution is -2.26. The molecule has 2 aromatic rings. The predicted octanol–water partition coefficient (Wildman–Crippen LogP) is 5.25. The fraction of sp³-hybridized carbons (Fsp3) is 0.174. The van der Waals surface area contributed by atoms with Crippen molar-refractivity contribution in [3.63, 3.8) is 0 Å². The molecule has 2 aromatic carbocycles. The minimum Gasteiger partial charge on any atom is -0.470 e. The smallest absolute Gasteiger partial charge is 0.280 e. The van der Waals surface area contributed by atoms with Crippen molar-refractivity contribution in [3.8, 4) is 11.5 Å². The van der Waals surface area contributed by atoms with Gasteiger partial charge in [-0.25, -0.2) is 4.99 Å². The molecule has 0 aliphatic carbocycles. The first-order valence-electron chi connectivity index (χ1n) is 9.76. The zero-order chi connectivity index (χ0) is 23.6. The van der Waals surface area contributed by atoms with Gasteiger partial charge in [0.1, 0.15) is 25.2 Å². The molecule has 1 aliphatic heterocycles. The Morgan fingerprint density at radius 2 is 1.85 bits per heavy atom. The molecule has 1 aliphatic rings. The zero-order valence-corrected chi connectivity index (χ0v) is 18.7. The van der Waals surface area contributed by atoms with Crippen LogP contribution in [0.15, 0.2) is 87.9 Å². The van der Waals surface area contributed by atoms with Gasteiger partial charge in [0.15, 0.2) is 18.1 Å². The number of nitrogens with zero attached hydrogens (tertiary/aromatic N) is 3. The fourth-order valence-corrected chi connectivity index (χ4v) is 2.81. The topological polar surface area (TPSA) is 83.2 Å². The van der Waals surface area contributed by atoms with E-state index in [1.807, 2.05) is 0 Å². The molecule has 0 amide bonds. The Morgan fingerprint density at radius 3 is 2.52 bits per heavy atom. The number of ether oxygens (including phenoxy) is 3. The maximum Gasteiger partial charge on any atom is 0.280 e. The average molecular weight is 474 g/mol. The van der Waals surface area contributed by atoms with E-state index in [-0.39, 0.29) is 41.4 Å². The number of oxime groups is 2. The van der Waals surface area contributed by atoms with Crippen LogP contribution in [0.2, 0.25) is 5.02 Å². The van der Waals surface area contributed by atoms with Crippen LogP contribution in [0, 0.1) is 0 Å². The van der Waals surface area contributed by atoms with Crippen LogP contribution in [0.4, 0.5) is 4.39 Å². The molecule has 1 heterocycles. The molecule has 0 N–H and O–H groups in total. The second-order valence-corrected chi connectivity index (χ2v) is 6.67. The molecule has 0 bridgehead atoms. The Labute approximate surface area is 195 Å². The highest BCUT2D eigenvalue weighted by Crippen LogP contribution is 2.30. The molecule has 0 aromatic heterocycles. The maximum atomic E-state index is 15.2. The summed E-state index contributed by atoms with van der Waals surface area (Å²) < 4.78 is 32.0. The van der Waals surface area contributed by atoms with Crippen LogP contribution in [0.5, 0.6) is 11.5 Å². The van der Waals surface area contributed by atoms with Crippen molar-refractivity contribution in [2.24, 2.45) is 15.3 Å². The Kier molecular flexibility index (Phi) is 8.43. The third kappa shape index (κ3) is 6.11. The van der Waals surface area contributed by atoms with E-state index < -0.39 is 5.83 Å². The van der Waals surface area contributed by atoms with E-state index in [1.165, 1.54) is 13.3 Å². The predicted molar refractivity (Wildman–Crippen MR) is 123 cm³/mol. The molecule has 8 nitrogen and oxygen atoms in total. The Morgan fingerprint density at radius 1 is 1.12 bits per heavy atom. The van der Waals surface area contributed by atoms with E-state index in [1.54, 1.807) is 55.5 Å². The van der Waals surface area contributed by atoms with Gasteiger partial charge in [-0.15, -0.1) is 0 Å². The van der Waals surface area contributed by atoms with Gasteiger partial charge in [0.25, 0.3) is 11.8 Å². The van der Waals surface area contributed by atoms with Crippen molar-refractivity contribution >= 4 is 29.4 Å². The van der Waals surface area contributed by atoms with E-state index in [2.05, 4.69) is 21.9 Å². The molecular weight excluding hydrogens is 453 g/mol. The SMILES string of the molecule is C=C(Oc1ccccc1/C(=N\OC)C1=NOCCO1)/C(F)=C(\N=C/C)Oc1ccccc1Cl. The molecule has 0 fully saturated rings. The van der Waals surface area contributed by atoms with Crippen LogP contribution >= 0.6 is 11.6 Å². The van der Waals surface area contributed by atoms with Crippen molar-refractivity contribution in [1.82, 2.24) is 0 Å². The van der Waals surface area contributed by atoms with Gasteiger partial charge in [-0.3, -0.25) is 0 Å².